The largest absolute Gasteiger partial charge is 0.381 e. The predicted octanol–water partition coefficient (Wildman–Crippen LogP) is 3.58. The highest BCUT2D eigenvalue weighted by Crippen LogP contribution is 2.29. The van der Waals surface area contributed by atoms with Crippen LogP contribution < -0.4 is 11.1 Å². The van der Waals surface area contributed by atoms with Crippen molar-refractivity contribution in [2.75, 3.05) is 13.2 Å². The first-order valence-electron chi connectivity index (χ1n) is 11.2. The Hall–Kier alpha value is -1.43. The molecule has 2 aliphatic rings. The third-order valence-corrected chi connectivity index (χ3v) is 6.00. The lowest BCUT2D eigenvalue weighted by Crippen LogP contribution is -2.40. The number of ketones is 1. The number of carbonyl (C=O) groups excluding carboxylic acids is 2. The Morgan fingerprint density at radius 3 is 2.39 bits per heavy atom. The fourth-order valence-electron chi connectivity index (χ4n) is 4.20. The molecule has 1 aliphatic carbocycles. The van der Waals surface area contributed by atoms with Crippen LogP contribution in [0.5, 0.6) is 0 Å². The van der Waals surface area contributed by atoms with E-state index in [2.05, 4.69) is 24.2 Å². The molecule has 0 spiro atoms. The van der Waals surface area contributed by atoms with Gasteiger partial charge in [-0.15, -0.1) is 0 Å². The standard InChI is InChI=1S/C22H39N3O3/c1-16(2)8-9-20(26)19(14-17-6-4-3-5-7-17)24-22(23)25-21(27)15-18-10-12-28-13-11-18/h16-19H,3-15H2,1-2H3,(H3,23,24,25,27)/t19-/m1/s1. The van der Waals surface area contributed by atoms with Gasteiger partial charge in [0, 0.05) is 26.1 Å². The van der Waals surface area contributed by atoms with Crippen molar-refractivity contribution in [3.8, 4) is 0 Å². The van der Waals surface area contributed by atoms with E-state index >= 15 is 0 Å². The fraction of sp³-hybridized carbons (Fsp3) is 0.864. The van der Waals surface area contributed by atoms with E-state index in [0.717, 1.165) is 38.9 Å². The number of carbonyl (C=O) groups is 2. The molecular weight excluding hydrogens is 354 g/mol. The van der Waals surface area contributed by atoms with Crippen molar-refractivity contribution in [2.45, 2.75) is 90.5 Å². The van der Waals surface area contributed by atoms with Crippen LogP contribution in [-0.2, 0) is 14.3 Å². The lowest BCUT2D eigenvalue weighted by atomic mass is 9.83. The number of hydrogen-bond acceptors (Lipinski definition) is 4. The van der Waals surface area contributed by atoms with Crippen molar-refractivity contribution in [3.05, 3.63) is 0 Å². The fourth-order valence-corrected chi connectivity index (χ4v) is 4.20. The van der Waals surface area contributed by atoms with Crippen LogP contribution >= 0.6 is 0 Å². The van der Waals surface area contributed by atoms with Gasteiger partial charge in [0.15, 0.2) is 11.7 Å². The topological polar surface area (TPSA) is 93.8 Å². The first-order valence-corrected chi connectivity index (χ1v) is 11.2. The zero-order chi connectivity index (χ0) is 20.4. The van der Waals surface area contributed by atoms with Crippen molar-refractivity contribution in [3.63, 3.8) is 0 Å². The third kappa shape index (κ3) is 8.72. The maximum atomic E-state index is 12.8. The Morgan fingerprint density at radius 1 is 1.07 bits per heavy atom. The summed E-state index contributed by atoms with van der Waals surface area (Å²) in [6.45, 7) is 5.68. The van der Waals surface area contributed by atoms with Crippen LogP contribution in [0.3, 0.4) is 0 Å². The first kappa shape index (κ1) is 22.9. The summed E-state index contributed by atoms with van der Waals surface area (Å²) in [7, 11) is 0. The second kappa shape index (κ2) is 12.2. The van der Waals surface area contributed by atoms with E-state index in [4.69, 9.17) is 10.5 Å². The van der Waals surface area contributed by atoms with Gasteiger partial charge >= 0.3 is 0 Å². The van der Waals surface area contributed by atoms with E-state index < -0.39 is 6.04 Å². The zero-order valence-corrected chi connectivity index (χ0v) is 17.8. The quantitative estimate of drug-likeness (QED) is 0.462. The summed E-state index contributed by atoms with van der Waals surface area (Å²) in [5.74, 6) is 1.50. The van der Waals surface area contributed by atoms with Crippen molar-refractivity contribution in [1.29, 1.82) is 0 Å². The molecule has 28 heavy (non-hydrogen) atoms. The molecule has 1 saturated carbocycles. The second-order valence-corrected chi connectivity index (χ2v) is 8.98. The number of rotatable bonds is 9. The zero-order valence-electron chi connectivity index (χ0n) is 17.8. The van der Waals surface area contributed by atoms with E-state index in [1.165, 1.54) is 32.1 Å². The van der Waals surface area contributed by atoms with Crippen molar-refractivity contribution in [1.82, 2.24) is 5.32 Å². The van der Waals surface area contributed by atoms with E-state index in [1.54, 1.807) is 0 Å². The number of hydrogen-bond donors (Lipinski definition) is 2. The molecule has 1 aliphatic heterocycles. The normalized spacial score (nSPS) is 20.9. The Balaban J connectivity index is 1.92. The van der Waals surface area contributed by atoms with Gasteiger partial charge < -0.3 is 10.5 Å². The summed E-state index contributed by atoms with van der Waals surface area (Å²) in [5.41, 5.74) is 6.02. The summed E-state index contributed by atoms with van der Waals surface area (Å²) in [6.07, 6.45) is 10.5. The van der Waals surface area contributed by atoms with Crippen LogP contribution in [-0.4, -0.2) is 36.9 Å². The molecule has 1 amide bonds. The van der Waals surface area contributed by atoms with Crippen LogP contribution in [0.25, 0.3) is 0 Å². The maximum Gasteiger partial charge on any atom is 0.226 e. The first-order chi connectivity index (χ1) is 13.4. The molecular formula is C22H39N3O3. The molecule has 1 heterocycles. The molecule has 0 bridgehead atoms. The van der Waals surface area contributed by atoms with E-state index in [0.29, 0.717) is 30.6 Å². The number of ether oxygens (including phenoxy) is 1. The van der Waals surface area contributed by atoms with Gasteiger partial charge in [-0.1, -0.05) is 46.0 Å². The Kier molecular flexibility index (Phi) is 9.96. The van der Waals surface area contributed by atoms with Gasteiger partial charge in [-0.25, -0.2) is 4.99 Å². The molecule has 2 rings (SSSR count). The molecule has 0 aromatic rings. The Bertz CT molecular complexity index is 521. The highest BCUT2D eigenvalue weighted by atomic mass is 16.5. The molecule has 1 atom stereocenters. The summed E-state index contributed by atoms with van der Waals surface area (Å²) in [6, 6.07) is -0.426. The molecule has 6 heteroatoms. The molecule has 6 nitrogen and oxygen atoms in total. The monoisotopic (exact) mass is 393 g/mol. The number of nitrogens with two attached hydrogens (primary N) is 1. The van der Waals surface area contributed by atoms with Crippen LogP contribution in [0.1, 0.15) is 84.5 Å². The second-order valence-electron chi connectivity index (χ2n) is 8.98. The third-order valence-electron chi connectivity index (χ3n) is 6.00. The summed E-state index contributed by atoms with van der Waals surface area (Å²) < 4.78 is 5.34. The van der Waals surface area contributed by atoms with E-state index in [9.17, 15) is 9.59 Å². The van der Waals surface area contributed by atoms with Gasteiger partial charge in [0.25, 0.3) is 0 Å². The minimum Gasteiger partial charge on any atom is -0.381 e. The number of guanidine groups is 1. The van der Waals surface area contributed by atoms with Crippen LogP contribution in [0.4, 0.5) is 0 Å². The van der Waals surface area contributed by atoms with Crippen molar-refractivity contribution < 1.29 is 14.3 Å². The van der Waals surface area contributed by atoms with E-state index in [-0.39, 0.29) is 17.6 Å². The average molecular weight is 394 g/mol. The highest BCUT2D eigenvalue weighted by Gasteiger charge is 2.25. The summed E-state index contributed by atoms with van der Waals surface area (Å²) in [5, 5.41) is 2.71. The van der Waals surface area contributed by atoms with Gasteiger partial charge in [0.05, 0.1) is 0 Å². The van der Waals surface area contributed by atoms with Gasteiger partial charge in [-0.2, -0.15) is 0 Å². The summed E-state index contributed by atoms with van der Waals surface area (Å²) in [4.78, 5) is 29.5. The number of nitrogens with zero attached hydrogens (tertiary/aromatic N) is 1. The predicted molar refractivity (Wildman–Crippen MR) is 112 cm³/mol. The summed E-state index contributed by atoms with van der Waals surface area (Å²) >= 11 is 0. The number of Topliss-reactive ketones (excluding diaryl/α,β-unsaturated/α-hetero) is 1. The van der Waals surface area contributed by atoms with Crippen LogP contribution in [0.15, 0.2) is 4.99 Å². The van der Waals surface area contributed by atoms with Gasteiger partial charge in [0.1, 0.15) is 6.04 Å². The van der Waals surface area contributed by atoms with Crippen molar-refractivity contribution in [2.24, 2.45) is 28.5 Å². The lowest BCUT2D eigenvalue weighted by molar-refractivity contribution is -0.122. The molecule has 3 N–H and O–H groups in total. The number of aliphatic imine (C=N–C) groups is 1. The minimum absolute atomic E-state index is 0.0933. The minimum atomic E-state index is -0.426. The van der Waals surface area contributed by atoms with E-state index in [1.807, 2.05) is 0 Å². The lowest BCUT2D eigenvalue weighted by Gasteiger charge is -2.24. The van der Waals surface area contributed by atoms with Gasteiger partial charge in [-0.05, 0) is 43.4 Å². The molecule has 1 saturated heterocycles. The van der Waals surface area contributed by atoms with Gasteiger partial charge in [-0.3, -0.25) is 14.9 Å². The molecule has 0 radical (unpaired) electrons. The van der Waals surface area contributed by atoms with Crippen LogP contribution in [0.2, 0.25) is 0 Å². The molecule has 2 fully saturated rings. The maximum absolute atomic E-state index is 12.8. The number of nitrogens with one attached hydrogen (secondary N) is 1. The average Bonchev–Trinajstić information content (AvgIpc) is 2.67. The van der Waals surface area contributed by atoms with Crippen LogP contribution in [0, 0.1) is 17.8 Å². The number of amides is 1. The Morgan fingerprint density at radius 2 is 1.75 bits per heavy atom. The molecule has 0 aromatic carbocycles. The highest BCUT2D eigenvalue weighted by molar-refractivity contribution is 5.97. The Labute approximate surface area is 170 Å². The molecule has 160 valence electrons. The van der Waals surface area contributed by atoms with Gasteiger partial charge in [0.2, 0.25) is 5.91 Å². The van der Waals surface area contributed by atoms with Crippen molar-refractivity contribution >= 4 is 17.6 Å². The molecule has 0 aromatic heterocycles. The SMILES string of the molecule is CC(C)CCC(=O)[C@@H](CC1CCCCC1)N=C(N)NC(=O)CC1CCOCC1. The smallest absolute Gasteiger partial charge is 0.226 e. The molecule has 0 unspecified atom stereocenters.